The Balaban J connectivity index is 2.17. The van der Waals surface area contributed by atoms with Gasteiger partial charge in [-0.1, -0.05) is 0 Å². The van der Waals surface area contributed by atoms with Crippen LogP contribution in [-0.4, -0.2) is 37.1 Å². The summed E-state index contributed by atoms with van der Waals surface area (Å²) < 4.78 is 19.8. The fourth-order valence-corrected chi connectivity index (χ4v) is 2.21. The Hall–Kier alpha value is -3.43. The number of nitrogens with zero attached hydrogens (tertiary/aromatic N) is 5. The van der Waals surface area contributed by atoms with Crippen LogP contribution in [0.2, 0.25) is 0 Å². The van der Waals surface area contributed by atoms with E-state index in [1.54, 1.807) is 12.1 Å². The molecule has 0 saturated heterocycles. The van der Waals surface area contributed by atoms with Crippen LogP contribution < -0.4 is 4.74 Å². The minimum Gasteiger partial charge on any atom is -0.478 e. The van der Waals surface area contributed by atoms with Gasteiger partial charge in [0.05, 0.1) is 17.6 Å². The standard InChI is InChI=1S/C14H11FN6O3/c1-2-24-12-4-3-8(7-16-12)13-10(14-17-19-20-18-14)5-9(21(22)23)6-11(13)15/h3-7H,2H2,1H3,(H,17,18,19,20). The summed E-state index contributed by atoms with van der Waals surface area (Å²) in [5.74, 6) is -0.269. The fraction of sp³-hybridized carbons (Fsp3) is 0.143. The van der Waals surface area contributed by atoms with Crippen LogP contribution in [-0.2, 0) is 0 Å². The average Bonchev–Trinajstić information content (AvgIpc) is 3.09. The number of nitrogens with one attached hydrogen (secondary N) is 1. The van der Waals surface area contributed by atoms with Crippen LogP contribution in [0.5, 0.6) is 5.88 Å². The number of non-ortho nitro benzene ring substituents is 1. The van der Waals surface area contributed by atoms with Gasteiger partial charge < -0.3 is 4.74 Å². The van der Waals surface area contributed by atoms with Crippen molar-refractivity contribution in [3.05, 3.63) is 46.4 Å². The van der Waals surface area contributed by atoms with Crippen LogP contribution in [0.3, 0.4) is 0 Å². The van der Waals surface area contributed by atoms with Crippen molar-refractivity contribution in [1.82, 2.24) is 25.6 Å². The number of aromatic amines is 1. The summed E-state index contributed by atoms with van der Waals surface area (Å²) in [6.07, 6.45) is 1.42. The van der Waals surface area contributed by atoms with Crippen molar-refractivity contribution in [2.45, 2.75) is 6.92 Å². The minimum atomic E-state index is -0.776. The third-order valence-electron chi connectivity index (χ3n) is 3.20. The van der Waals surface area contributed by atoms with E-state index in [1.165, 1.54) is 12.3 Å². The first-order chi connectivity index (χ1) is 11.6. The normalized spacial score (nSPS) is 10.6. The number of halogens is 1. The van der Waals surface area contributed by atoms with Gasteiger partial charge in [-0.05, 0) is 23.4 Å². The number of nitro groups is 1. The smallest absolute Gasteiger partial charge is 0.273 e. The lowest BCUT2D eigenvalue weighted by atomic mass is 9.99. The van der Waals surface area contributed by atoms with Crippen LogP contribution in [0.4, 0.5) is 10.1 Å². The molecule has 0 saturated carbocycles. The third-order valence-corrected chi connectivity index (χ3v) is 3.20. The summed E-state index contributed by atoms with van der Waals surface area (Å²) in [6, 6.07) is 5.24. The predicted octanol–water partition coefficient (Wildman–Crippen LogP) is 2.37. The molecule has 0 aliphatic carbocycles. The van der Waals surface area contributed by atoms with E-state index >= 15 is 0 Å². The maximum atomic E-state index is 14.6. The van der Waals surface area contributed by atoms with Gasteiger partial charge in [-0.15, -0.1) is 5.10 Å². The lowest BCUT2D eigenvalue weighted by molar-refractivity contribution is -0.385. The molecule has 0 spiro atoms. The van der Waals surface area contributed by atoms with E-state index in [0.29, 0.717) is 18.1 Å². The zero-order chi connectivity index (χ0) is 17.1. The van der Waals surface area contributed by atoms with Crippen LogP contribution in [0, 0.1) is 15.9 Å². The van der Waals surface area contributed by atoms with Gasteiger partial charge in [0.2, 0.25) is 5.88 Å². The van der Waals surface area contributed by atoms with E-state index in [9.17, 15) is 14.5 Å². The topological polar surface area (TPSA) is 120 Å². The molecule has 0 atom stereocenters. The quantitative estimate of drug-likeness (QED) is 0.563. The Morgan fingerprint density at radius 2 is 2.21 bits per heavy atom. The Bertz CT molecular complexity index is 867. The van der Waals surface area contributed by atoms with Crippen molar-refractivity contribution in [3.8, 4) is 28.4 Å². The fourth-order valence-electron chi connectivity index (χ4n) is 2.21. The Morgan fingerprint density at radius 1 is 1.38 bits per heavy atom. The number of ether oxygens (including phenoxy) is 1. The van der Waals surface area contributed by atoms with Crippen molar-refractivity contribution in [3.63, 3.8) is 0 Å². The molecule has 0 radical (unpaired) electrons. The lowest BCUT2D eigenvalue weighted by Gasteiger charge is -2.09. The van der Waals surface area contributed by atoms with Crippen molar-refractivity contribution in [2.75, 3.05) is 6.61 Å². The zero-order valence-electron chi connectivity index (χ0n) is 12.4. The number of H-pyrrole nitrogens is 1. The number of hydrogen-bond acceptors (Lipinski definition) is 7. The molecule has 2 aromatic heterocycles. The summed E-state index contributed by atoms with van der Waals surface area (Å²) in [5.41, 5.74) is 0.283. The molecule has 1 aromatic carbocycles. The first-order valence-electron chi connectivity index (χ1n) is 6.91. The molecule has 1 N–H and O–H groups in total. The molecule has 3 rings (SSSR count). The molecule has 24 heavy (non-hydrogen) atoms. The minimum absolute atomic E-state index is 0.106. The average molecular weight is 330 g/mol. The third kappa shape index (κ3) is 2.89. The van der Waals surface area contributed by atoms with Gasteiger partial charge in [0.1, 0.15) is 5.82 Å². The summed E-state index contributed by atoms with van der Waals surface area (Å²) in [4.78, 5) is 14.4. The molecular weight excluding hydrogens is 319 g/mol. The lowest BCUT2D eigenvalue weighted by Crippen LogP contribution is -1.98. The van der Waals surface area contributed by atoms with Crippen molar-refractivity contribution < 1.29 is 14.1 Å². The molecule has 10 heteroatoms. The molecule has 0 fully saturated rings. The molecule has 9 nitrogen and oxygen atoms in total. The summed E-state index contributed by atoms with van der Waals surface area (Å²) in [5, 5.41) is 24.0. The van der Waals surface area contributed by atoms with E-state index in [0.717, 1.165) is 6.07 Å². The van der Waals surface area contributed by atoms with Gasteiger partial charge in [-0.2, -0.15) is 0 Å². The molecule has 122 valence electrons. The predicted molar refractivity (Wildman–Crippen MR) is 80.6 cm³/mol. The molecular formula is C14H11FN6O3. The molecule has 0 aliphatic heterocycles. The molecule has 2 heterocycles. The highest BCUT2D eigenvalue weighted by atomic mass is 19.1. The second-order valence-electron chi connectivity index (χ2n) is 4.68. The number of aromatic nitrogens is 5. The second-order valence-corrected chi connectivity index (χ2v) is 4.68. The van der Waals surface area contributed by atoms with Gasteiger partial charge in [-0.3, -0.25) is 10.1 Å². The van der Waals surface area contributed by atoms with Crippen LogP contribution in [0.25, 0.3) is 22.5 Å². The van der Waals surface area contributed by atoms with E-state index in [1.807, 2.05) is 6.92 Å². The van der Waals surface area contributed by atoms with Gasteiger partial charge in [0, 0.05) is 35.0 Å². The van der Waals surface area contributed by atoms with E-state index < -0.39 is 16.4 Å². The monoisotopic (exact) mass is 330 g/mol. The van der Waals surface area contributed by atoms with Gasteiger partial charge >= 0.3 is 0 Å². The van der Waals surface area contributed by atoms with Crippen molar-refractivity contribution in [1.29, 1.82) is 0 Å². The van der Waals surface area contributed by atoms with E-state index in [4.69, 9.17) is 4.74 Å². The van der Waals surface area contributed by atoms with Crippen LogP contribution in [0.1, 0.15) is 6.92 Å². The summed E-state index contributed by atoms with van der Waals surface area (Å²) in [6.45, 7) is 2.27. The first kappa shape index (κ1) is 15.5. The SMILES string of the molecule is CCOc1ccc(-c2c(F)cc([N+](=O)[O-])cc2-c2nnn[nH]2)cn1. The van der Waals surface area contributed by atoms with Crippen LogP contribution in [0.15, 0.2) is 30.5 Å². The number of tetrazole rings is 1. The second kappa shape index (κ2) is 6.36. The highest BCUT2D eigenvalue weighted by Gasteiger charge is 2.21. The summed E-state index contributed by atoms with van der Waals surface area (Å²) >= 11 is 0. The molecule has 0 unspecified atom stereocenters. The summed E-state index contributed by atoms with van der Waals surface area (Å²) in [7, 11) is 0. The Morgan fingerprint density at radius 3 is 2.79 bits per heavy atom. The Kier molecular flexibility index (Phi) is 4.10. The Labute approximate surface area is 134 Å². The molecule has 3 aromatic rings. The zero-order valence-corrected chi connectivity index (χ0v) is 12.4. The van der Waals surface area contributed by atoms with Crippen molar-refractivity contribution >= 4 is 5.69 Å². The number of benzene rings is 1. The maximum Gasteiger partial charge on any atom is 0.273 e. The van der Waals surface area contributed by atoms with Crippen molar-refractivity contribution in [2.24, 2.45) is 0 Å². The van der Waals surface area contributed by atoms with Gasteiger partial charge in [0.25, 0.3) is 5.69 Å². The molecule has 0 bridgehead atoms. The first-order valence-corrected chi connectivity index (χ1v) is 6.91. The van der Waals surface area contributed by atoms with E-state index in [2.05, 4.69) is 25.6 Å². The van der Waals surface area contributed by atoms with E-state index in [-0.39, 0.29) is 17.0 Å². The van der Waals surface area contributed by atoms with Crippen LogP contribution >= 0.6 is 0 Å². The number of hydrogen-bond donors (Lipinski definition) is 1. The number of nitro benzene ring substituents is 1. The largest absolute Gasteiger partial charge is 0.478 e. The maximum absolute atomic E-state index is 14.6. The number of pyridine rings is 1. The highest BCUT2D eigenvalue weighted by Crippen LogP contribution is 2.35. The van der Waals surface area contributed by atoms with Gasteiger partial charge in [0.15, 0.2) is 5.82 Å². The molecule has 0 aliphatic rings. The number of rotatable bonds is 5. The molecule has 0 amide bonds. The van der Waals surface area contributed by atoms with Gasteiger partial charge in [-0.25, -0.2) is 14.5 Å². The highest BCUT2D eigenvalue weighted by molar-refractivity contribution is 5.82.